The molecule has 0 aromatic rings. The van der Waals surface area contributed by atoms with E-state index in [1.165, 1.54) is 19.3 Å². The lowest BCUT2D eigenvalue weighted by molar-refractivity contribution is -0.0452. The van der Waals surface area contributed by atoms with Crippen LogP contribution in [0, 0.1) is 0 Å². The van der Waals surface area contributed by atoms with Gasteiger partial charge in [0.15, 0.2) is 0 Å². The Morgan fingerprint density at radius 1 is 1.43 bits per heavy atom. The van der Waals surface area contributed by atoms with Gasteiger partial charge in [-0.25, -0.2) is 0 Å². The maximum atomic E-state index is 6.11. The highest BCUT2D eigenvalue weighted by molar-refractivity contribution is 4.90. The molecule has 3 heteroatoms. The highest BCUT2D eigenvalue weighted by Crippen LogP contribution is 2.24. The molecule has 1 aliphatic carbocycles. The van der Waals surface area contributed by atoms with E-state index in [2.05, 4.69) is 11.8 Å². The van der Waals surface area contributed by atoms with Crippen LogP contribution in [0.5, 0.6) is 0 Å². The zero-order valence-corrected chi connectivity index (χ0v) is 9.11. The summed E-state index contributed by atoms with van der Waals surface area (Å²) in [6.45, 7) is 5.26. The van der Waals surface area contributed by atoms with Gasteiger partial charge in [0, 0.05) is 25.2 Å². The average Bonchev–Trinajstić information content (AvgIpc) is 2.65. The summed E-state index contributed by atoms with van der Waals surface area (Å²) in [5, 5.41) is 0. The van der Waals surface area contributed by atoms with E-state index in [1.54, 1.807) is 0 Å². The second-order valence-corrected chi connectivity index (χ2v) is 4.56. The smallest absolute Gasteiger partial charge is 0.0700 e. The van der Waals surface area contributed by atoms with Crippen LogP contribution in [-0.2, 0) is 4.74 Å². The van der Waals surface area contributed by atoms with Gasteiger partial charge in [0.1, 0.15) is 0 Å². The molecule has 1 saturated heterocycles. The lowest BCUT2D eigenvalue weighted by atomic mass is 10.1. The van der Waals surface area contributed by atoms with Gasteiger partial charge in [-0.15, -0.1) is 0 Å². The predicted octanol–water partition coefficient (Wildman–Crippen LogP) is 0.977. The molecule has 82 valence electrons. The van der Waals surface area contributed by atoms with Crippen LogP contribution < -0.4 is 5.73 Å². The first-order chi connectivity index (χ1) is 6.81. The minimum Gasteiger partial charge on any atom is -0.376 e. The number of ether oxygens (including phenoxy) is 1. The van der Waals surface area contributed by atoms with E-state index in [0.717, 1.165) is 26.1 Å². The molecular formula is C11H22N2O. The van der Waals surface area contributed by atoms with E-state index in [4.69, 9.17) is 10.5 Å². The molecule has 3 nitrogen and oxygen atoms in total. The molecule has 1 aliphatic heterocycles. The number of rotatable bonds is 2. The maximum absolute atomic E-state index is 6.11. The molecule has 3 atom stereocenters. The number of nitrogens with zero attached hydrogens (tertiary/aromatic N) is 1. The maximum Gasteiger partial charge on any atom is 0.0700 e. The van der Waals surface area contributed by atoms with E-state index in [0.29, 0.717) is 18.2 Å². The summed E-state index contributed by atoms with van der Waals surface area (Å²) in [6, 6.07) is 1.04. The quantitative estimate of drug-likeness (QED) is 0.719. The van der Waals surface area contributed by atoms with Crippen molar-refractivity contribution in [2.24, 2.45) is 5.73 Å². The Morgan fingerprint density at radius 3 is 2.93 bits per heavy atom. The lowest BCUT2D eigenvalue weighted by Gasteiger charge is -2.38. The Balaban J connectivity index is 1.90. The largest absolute Gasteiger partial charge is 0.376 e. The van der Waals surface area contributed by atoms with Crippen molar-refractivity contribution < 1.29 is 4.74 Å². The third kappa shape index (κ3) is 2.10. The van der Waals surface area contributed by atoms with Gasteiger partial charge >= 0.3 is 0 Å². The molecule has 0 spiro atoms. The van der Waals surface area contributed by atoms with E-state index in [9.17, 15) is 0 Å². The predicted molar refractivity (Wildman–Crippen MR) is 57.2 cm³/mol. The summed E-state index contributed by atoms with van der Waals surface area (Å²) >= 11 is 0. The molecule has 0 aromatic carbocycles. The topological polar surface area (TPSA) is 38.5 Å². The third-order valence-electron chi connectivity index (χ3n) is 3.63. The second-order valence-electron chi connectivity index (χ2n) is 4.56. The lowest BCUT2D eigenvalue weighted by Crippen LogP contribution is -2.52. The molecule has 0 bridgehead atoms. The molecule has 14 heavy (non-hydrogen) atoms. The highest BCUT2D eigenvalue weighted by Gasteiger charge is 2.32. The Kier molecular flexibility index (Phi) is 3.42. The SMILES string of the molecule is CCC1CN(C2CCCC2N)CCO1. The van der Waals surface area contributed by atoms with Gasteiger partial charge < -0.3 is 10.5 Å². The summed E-state index contributed by atoms with van der Waals surface area (Å²) in [5.41, 5.74) is 6.11. The van der Waals surface area contributed by atoms with Crippen molar-refractivity contribution in [2.45, 2.75) is 50.8 Å². The molecule has 0 aromatic heterocycles. The summed E-state index contributed by atoms with van der Waals surface area (Å²) in [5.74, 6) is 0. The van der Waals surface area contributed by atoms with E-state index < -0.39 is 0 Å². The molecule has 2 aliphatic rings. The first-order valence-electron chi connectivity index (χ1n) is 5.92. The van der Waals surface area contributed by atoms with Gasteiger partial charge in [-0.3, -0.25) is 4.90 Å². The Morgan fingerprint density at radius 2 is 2.29 bits per heavy atom. The van der Waals surface area contributed by atoms with Gasteiger partial charge in [0.05, 0.1) is 12.7 Å². The van der Waals surface area contributed by atoms with E-state index in [-0.39, 0.29) is 0 Å². The fraction of sp³-hybridized carbons (Fsp3) is 1.00. The summed E-state index contributed by atoms with van der Waals surface area (Å²) < 4.78 is 5.67. The minimum atomic E-state index is 0.408. The van der Waals surface area contributed by atoms with Gasteiger partial charge in [0.2, 0.25) is 0 Å². The van der Waals surface area contributed by atoms with Crippen LogP contribution in [-0.4, -0.2) is 42.8 Å². The molecule has 2 N–H and O–H groups in total. The molecular weight excluding hydrogens is 176 g/mol. The van der Waals surface area contributed by atoms with Gasteiger partial charge in [-0.2, -0.15) is 0 Å². The fourth-order valence-electron chi connectivity index (χ4n) is 2.71. The minimum absolute atomic E-state index is 0.408. The van der Waals surface area contributed by atoms with Crippen LogP contribution in [0.2, 0.25) is 0 Å². The number of hydrogen-bond acceptors (Lipinski definition) is 3. The van der Waals surface area contributed by atoms with Crippen LogP contribution in [0.3, 0.4) is 0 Å². The van der Waals surface area contributed by atoms with Crippen molar-refractivity contribution >= 4 is 0 Å². The Labute approximate surface area is 86.6 Å². The van der Waals surface area contributed by atoms with Crippen molar-refractivity contribution in [1.82, 2.24) is 4.90 Å². The molecule has 2 fully saturated rings. The van der Waals surface area contributed by atoms with E-state index in [1.807, 2.05) is 0 Å². The second kappa shape index (κ2) is 4.60. The van der Waals surface area contributed by atoms with Crippen LogP contribution in [0.15, 0.2) is 0 Å². The molecule has 1 heterocycles. The number of morpholine rings is 1. The summed E-state index contributed by atoms with van der Waals surface area (Å²) in [4.78, 5) is 2.55. The molecule has 1 saturated carbocycles. The van der Waals surface area contributed by atoms with Crippen molar-refractivity contribution in [1.29, 1.82) is 0 Å². The van der Waals surface area contributed by atoms with Gasteiger partial charge in [-0.05, 0) is 19.3 Å². The number of hydrogen-bond donors (Lipinski definition) is 1. The Hall–Kier alpha value is -0.120. The first-order valence-corrected chi connectivity index (χ1v) is 5.92. The van der Waals surface area contributed by atoms with Crippen LogP contribution >= 0.6 is 0 Å². The van der Waals surface area contributed by atoms with Crippen molar-refractivity contribution in [3.63, 3.8) is 0 Å². The van der Waals surface area contributed by atoms with Crippen molar-refractivity contribution in [3.05, 3.63) is 0 Å². The first kappa shape index (κ1) is 10.4. The number of nitrogens with two attached hydrogens (primary N) is 1. The van der Waals surface area contributed by atoms with Crippen LogP contribution in [0.4, 0.5) is 0 Å². The molecule has 2 rings (SSSR count). The average molecular weight is 198 g/mol. The van der Waals surface area contributed by atoms with Gasteiger partial charge in [-0.1, -0.05) is 13.3 Å². The summed E-state index contributed by atoms with van der Waals surface area (Å²) in [7, 11) is 0. The van der Waals surface area contributed by atoms with Crippen LogP contribution in [0.25, 0.3) is 0 Å². The van der Waals surface area contributed by atoms with E-state index >= 15 is 0 Å². The fourth-order valence-corrected chi connectivity index (χ4v) is 2.71. The zero-order valence-electron chi connectivity index (χ0n) is 9.11. The van der Waals surface area contributed by atoms with Crippen LogP contribution in [0.1, 0.15) is 32.6 Å². The van der Waals surface area contributed by atoms with Gasteiger partial charge in [0.25, 0.3) is 0 Å². The molecule has 0 radical (unpaired) electrons. The standard InChI is InChI=1S/C11H22N2O/c1-2-9-8-13(6-7-14-9)11-5-3-4-10(11)12/h9-11H,2-8,12H2,1H3. The highest BCUT2D eigenvalue weighted by atomic mass is 16.5. The van der Waals surface area contributed by atoms with Crippen molar-refractivity contribution in [3.8, 4) is 0 Å². The third-order valence-corrected chi connectivity index (χ3v) is 3.63. The monoisotopic (exact) mass is 198 g/mol. The van der Waals surface area contributed by atoms with Crippen molar-refractivity contribution in [2.75, 3.05) is 19.7 Å². The molecule has 3 unspecified atom stereocenters. The normalized spacial score (nSPS) is 40.3. The summed E-state index contributed by atoms with van der Waals surface area (Å²) in [6.07, 6.45) is 5.37. The molecule has 0 amide bonds. The zero-order chi connectivity index (χ0) is 9.97. The Bertz CT molecular complexity index is 186.